The van der Waals surface area contributed by atoms with Crippen molar-refractivity contribution < 1.29 is 22.7 Å². The average molecular weight is 260 g/mol. The summed E-state index contributed by atoms with van der Waals surface area (Å²) in [6.45, 7) is 0. The van der Waals surface area contributed by atoms with Gasteiger partial charge in [0.2, 0.25) is 0 Å². The lowest BCUT2D eigenvalue weighted by Crippen LogP contribution is -2.30. The molecule has 0 unspecified atom stereocenters. The number of halogens is 3. The minimum absolute atomic E-state index is 0.180. The van der Waals surface area contributed by atoms with E-state index in [9.17, 15) is 18.0 Å². The highest BCUT2D eigenvalue weighted by Gasteiger charge is 2.31. The fourth-order valence-electron chi connectivity index (χ4n) is 1.35. The summed E-state index contributed by atoms with van der Waals surface area (Å²) in [5, 5.41) is 5.10. The summed E-state index contributed by atoms with van der Waals surface area (Å²) in [5.41, 5.74) is 0.245. The number of hydrogen-bond donors (Lipinski definition) is 2. The van der Waals surface area contributed by atoms with Crippen LogP contribution in [-0.4, -0.2) is 18.4 Å². The van der Waals surface area contributed by atoms with Gasteiger partial charge in [-0.05, 0) is 25.0 Å². The molecule has 2 N–H and O–H groups in total. The highest BCUT2D eigenvalue weighted by atomic mass is 19.4. The lowest BCUT2D eigenvalue weighted by molar-refractivity contribution is -0.274. The van der Waals surface area contributed by atoms with Crippen LogP contribution in [0.25, 0.3) is 0 Å². The van der Waals surface area contributed by atoms with Gasteiger partial charge in [0, 0.05) is 17.8 Å². The second-order valence-corrected chi connectivity index (χ2v) is 3.95. The molecule has 4 nitrogen and oxygen atoms in total. The van der Waals surface area contributed by atoms with Gasteiger partial charge in [-0.25, -0.2) is 4.79 Å². The molecule has 1 aromatic carbocycles. The molecule has 2 amide bonds. The molecule has 0 spiro atoms. The zero-order valence-corrected chi connectivity index (χ0v) is 9.25. The predicted octanol–water partition coefficient (Wildman–Crippen LogP) is 2.87. The number of carbonyl (C=O) groups excluding carboxylic acids is 1. The molecule has 0 heterocycles. The van der Waals surface area contributed by atoms with Crippen LogP contribution >= 0.6 is 0 Å². The van der Waals surface area contributed by atoms with Gasteiger partial charge in [0.25, 0.3) is 0 Å². The largest absolute Gasteiger partial charge is 0.573 e. The molecule has 7 heteroatoms. The maximum absolute atomic E-state index is 12.0. The first kappa shape index (κ1) is 12.5. The van der Waals surface area contributed by atoms with Gasteiger partial charge in [0.05, 0.1) is 0 Å². The Bertz CT molecular complexity index is 444. The third-order valence-electron chi connectivity index (χ3n) is 2.24. The molecule has 0 aliphatic heterocycles. The van der Waals surface area contributed by atoms with Crippen molar-refractivity contribution in [2.24, 2.45) is 0 Å². The Kier molecular flexibility index (Phi) is 3.31. The normalized spacial score (nSPS) is 15.1. The van der Waals surface area contributed by atoms with Crippen LogP contribution in [0.1, 0.15) is 12.8 Å². The number of hydrogen-bond acceptors (Lipinski definition) is 2. The van der Waals surface area contributed by atoms with E-state index in [2.05, 4.69) is 15.4 Å². The van der Waals surface area contributed by atoms with E-state index in [-0.39, 0.29) is 17.5 Å². The molecule has 1 saturated carbocycles. The van der Waals surface area contributed by atoms with Crippen LogP contribution in [0.5, 0.6) is 5.75 Å². The first-order valence-corrected chi connectivity index (χ1v) is 5.36. The van der Waals surface area contributed by atoms with E-state index in [1.165, 1.54) is 12.1 Å². The van der Waals surface area contributed by atoms with Crippen molar-refractivity contribution in [3.63, 3.8) is 0 Å². The van der Waals surface area contributed by atoms with Gasteiger partial charge in [0.15, 0.2) is 0 Å². The van der Waals surface area contributed by atoms with Crippen molar-refractivity contribution in [2.45, 2.75) is 25.2 Å². The van der Waals surface area contributed by atoms with E-state index in [4.69, 9.17) is 0 Å². The molecule has 1 aliphatic carbocycles. The number of benzene rings is 1. The SMILES string of the molecule is O=C(Nc1cccc(OC(F)(F)F)c1)NC1CC1. The Balaban J connectivity index is 1.95. The zero-order valence-electron chi connectivity index (χ0n) is 9.25. The van der Waals surface area contributed by atoms with Crippen molar-refractivity contribution in [1.82, 2.24) is 5.32 Å². The molecule has 18 heavy (non-hydrogen) atoms. The molecule has 1 aliphatic rings. The fraction of sp³-hybridized carbons (Fsp3) is 0.364. The van der Waals surface area contributed by atoms with Crippen LogP contribution in [0.15, 0.2) is 24.3 Å². The zero-order chi connectivity index (χ0) is 13.2. The highest BCUT2D eigenvalue weighted by molar-refractivity contribution is 5.89. The number of carbonyl (C=O) groups is 1. The number of anilines is 1. The summed E-state index contributed by atoms with van der Waals surface area (Å²) in [6, 6.07) is 4.88. The highest BCUT2D eigenvalue weighted by Crippen LogP contribution is 2.25. The van der Waals surface area contributed by atoms with Crippen LogP contribution in [-0.2, 0) is 0 Å². The maximum atomic E-state index is 12.0. The van der Waals surface area contributed by atoms with E-state index >= 15 is 0 Å². The van der Waals surface area contributed by atoms with Gasteiger partial charge in [0.1, 0.15) is 5.75 Å². The van der Waals surface area contributed by atoms with E-state index in [1.54, 1.807) is 0 Å². The molecule has 0 bridgehead atoms. The minimum Gasteiger partial charge on any atom is -0.406 e. The van der Waals surface area contributed by atoms with Crippen molar-refractivity contribution in [3.8, 4) is 5.75 Å². The first-order chi connectivity index (χ1) is 8.42. The number of urea groups is 1. The summed E-state index contributed by atoms with van der Waals surface area (Å²) in [5.74, 6) is -0.369. The van der Waals surface area contributed by atoms with Gasteiger partial charge in [-0.15, -0.1) is 13.2 Å². The van der Waals surface area contributed by atoms with Crippen molar-refractivity contribution >= 4 is 11.7 Å². The molecule has 0 saturated heterocycles. The molecule has 98 valence electrons. The molecular weight excluding hydrogens is 249 g/mol. The van der Waals surface area contributed by atoms with Crippen molar-refractivity contribution in [1.29, 1.82) is 0 Å². The second-order valence-electron chi connectivity index (χ2n) is 3.95. The fourth-order valence-corrected chi connectivity index (χ4v) is 1.35. The van der Waals surface area contributed by atoms with Crippen LogP contribution in [0.3, 0.4) is 0 Å². The smallest absolute Gasteiger partial charge is 0.406 e. The molecule has 0 aromatic heterocycles. The minimum atomic E-state index is -4.74. The molecule has 1 fully saturated rings. The van der Waals surface area contributed by atoms with Crippen molar-refractivity contribution in [3.05, 3.63) is 24.3 Å². The van der Waals surface area contributed by atoms with Crippen LogP contribution in [0.2, 0.25) is 0 Å². The number of nitrogens with one attached hydrogen (secondary N) is 2. The number of rotatable bonds is 3. The van der Waals surface area contributed by atoms with E-state index in [0.29, 0.717) is 0 Å². The molecular formula is C11H11F3N2O2. The maximum Gasteiger partial charge on any atom is 0.573 e. The molecule has 1 aromatic rings. The van der Waals surface area contributed by atoms with Gasteiger partial charge in [-0.2, -0.15) is 0 Å². The van der Waals surface area contributed by atoms with Crippen LogP contribution in [0.4, 0.5) is 23.7 Å². The van der Waals surface area contributed by atoms with Crippen molar-refractivity contribution in [2.75, 3.05) is 5.32 Å². The lowest BCUT2D eigenvalue weighted by Gasteiger charge is -2.11. The Hall–Kier alpha value is -1.92. The summed E-state index contributed by atoms with van der Waals surface area (Å²) in [7, 11) is 0. The summed E-state index contributed by atoms with van der Waals surface area (Å²) in [6.07, 6.45) is -2.87. The number of amides is 2. The summed E-state index contributed by atoms with van der Waals surface area (Å²) >= 11 is 0. The summed E-state index contributed by atoms with van der Waals surface area (Å²) in [4.78, 5) is 11.4. The van der Waals surface area contributed by atoms with Crippen LogP contribution < -0.4 is 15.4 Å². The third kappa shape index (κ3) is 4.15. The van der Waals surface area contributed by atoms with Gasteiger partial charge >= 0.3 is 12.4 Å². The molecule has 2 rings (SSSR count). The first-order valence-electron chi connectivity index (χ1n) is 5.36. The monoisotopic (exact) mass is 260 g/mol. The lowest BCUT2D eigenvalue weighted by atomic mass is 10.3. The standard InChI is InChI=1S/C11H11F3N2O2/c12-11(13,14)18-9-3-1-2-8(6-9)16-10(17)15-7-4-5-7/h1-3,6-7H,4-5H2,(H2,15,16,17). The Labute approximate surface area is 101 Å². The van der Waals surface area contributed by atoms with Crippen LogP contribution in [0, 0.1) is 0 Å². The van der Waals surface area contributed by atoms with E-state index in [0.717, 1.165) is 25.0 Å². The third-order valence-corrected chi connectivity index (χ3v) is 2.24. The Morgan fingerprint density at radius 3 is 2.67 bits per heavy atom. The quantitative estimate of drug-likeness (QED) is 0.878. The van der Waals surface area contributed by atoms with Gasteiger partial charge in [-0.3, -0.25) is 0 Å². The Morgan fingerprint density at radius 1 is 1.33 bits per heavy atom. The molecule has 0 atom stereocenters. The average Bonchev–Trinajstić information content (AvgIpc) is 2.98. The topological polar surface area (TPSA) is 50.4 Å². The predicted molar refractivity (Wildman–Crippen MR) is 58.3 cm³/mol. The second kappa shape index (κ2) is 4.75. The van der Waals surface area contributed by atoms with Gasteiger partial charge in [-0.1, -0.05) is 6.07 Å². The number of ether oxygens (including phenoxy) is 1. The Morgan fingerprint density at radius 2 is 2.06 bits per heavy atom. The van der Waals surface area contributed by atoms with E-state index < -0.39 is 12.4 Å². The number of alkyl halides is 3. The van der Waals surface area contributed by atoms with Gasteiger partial charge < -0.3 is 15.4 Å². The molecule has 0 radical (unpaired) electrons. The van der Waals surface area contributed by atoms with E-state index in [1.807, 2.05) is 0 Å². The summed E-state index contributed by atoms with van der Waals surface area (Å²) < 4.78 is 39.7.